The molecule has 178 valence electrons. The summed E-state index contributed by atoms with van der Waals surface area (Å²) in [6.07, 6.45) is 0.259. The molecule has 1 amide bonds. The maximum Gasteiger partial charge on any atom is 0.240 e. The van der Waals surface area contributed by atoms with Gasteiger partial charge in [0.25, 0.3) is 0 Å². The van der Waals surface area contributed by atoms with Gasteiger partial charge in [0, 0.05) is 44.7 Å². The van der Waals surface area contributed by atoms with Crippen LogP contribution in [0, 0.1) is 0 Å². The summed E-state index contributed by atoms with van der Waals surface area (Å²) in [5, 5.41) is 2.84. The first-order valence-electron chi connectivity index (χ1n) is 11.0. The Balaban J connectivity index is 1.43. The van der Waals surface area contributed by atoms with Gasteiger partial charge in [-0.25, -0.2) is 13.1 Å². The van der Waals surface area contributed by atoms with E-state index in [0.717, 1.165) is 31.8 Å². The largest absolute Gasteiger partial charge is 0.376 e. The Hall–Kier alpha value is -2.59. The standard InChI is InChI=1S/C24H31N3O5S/c1-18-16-27(12-13-32-18)17-21-5-3-4-20(14-21)15-25-24(29)10-11-26-33(30,31)23-8-6-22(7-9-23)19(2)28/h3-9,14,18,26H,10-13,15-17H2,1-2H3,(H,25,29). The predicted molar refractivity (Wildman–Crippen MR) is 125 cm³/mol. The van der Waals surface area contributed by atoms with E-state index < -0.39 is 10.0 Å². The van der Waals surface area contributed by atoms with Crippen molar-refractivity contribution in [3.05, 3.63) is 65.2 Å². The zero-order valence-electron chi connectivity index (χ0n) is 19.0. The van der Waals surface area contributed by atoms with Crippen LogP contribution >= 0.6 is 0 Å². The smallest absolute Gasteiger partial charge is 0.240 e. The molecule has 1 aliphatic heterocycles. The van der Waals surface area contributed by atoms with Crippen LogP contribution in [0.1, 0.15) is 41.8 Å². The molecule has 1 fully saturated rings. The molecule has 1 unspecified atom stereocenters. The van der Waals surface area contributed by atoms with Crippen LogP contribution in [-0.4, -0.2) is 57.4 Å². The summed E-state index contributed by atoms with van der Waals surface area (Å²) in [4.78, 5) is 25.9. The van der Waals surface area contributed by atoms with Gasteiger partial charge in [-0.2, -0.15) is 0 Å². The molecule has 9 heteroatoms. The summed E-state index contributed by atoms with van der Waals surface area (Å²) in [5.74, 6) is -0.373. The lowest BCUT2D eigenvalue weighted by Gasteiger charge is -2.31. The second-order valence-electron chi connectivity index (χ2n) is 8.24. The molecular formula is C24H31N3O5S. The predicted octanol–water partition coefficient (Wildman–Crippen LogP) is 2.09. The van der Waals surface area contributed by atoms with E-state index in [2.05, 4.69) is 34.0 Å². The first-order chi connectivity index (χ1) is 15.7. The Bertz CT molecular complexity index is 1070. The molecule has 0 aromatic heterocycles. The number of sulfonamides is 1. The average Bonchev–Trinajstić information content (AvgIpc) is 2.78. The third kappa shape index (κ3) is 7.75. The van der Waals surface area contributed by atoms with Crippen LogP contribution in [0.25, 0.3) is 0 Å². The van der Waals surface area contributed by atoms with Crippen molar-refractivity contribution in [1.82, 2.24) is 14.9 Å². The average molecular weight is 474 g/mol. The minimum absolute atomic E-state index is 0.0160. The lowest BCUT2D eigenvalue weighted by atomic mass is 10.1. The third-order valence-electron chi connectivity index (χ3n) is 5.43. The van der Waals surface area contributed by atoms with Gasteiger partial charge in [-0.05, 0) is 37.1 Å². The summed E-state index contributed by atoms with van der Waals surface area (Å²) >= 11 is 0. The number of rotatable bonds is 10. The normalized spacial score (nSPS) is 17.0. The number of hydrogen-bond donors (Lipinski definition) is 2. The van der Waals surface area contributed by atoms with E-state index in [1.807, 2.05) is 12.1 Å². The Kier molecular flexibility index (Phi) is 8.74. The van der Waals surface area contributed by atoms with E-state index in [-0.39, 0.29) is 35.7 Å². The Morgan fingerprint density at radius 3 is 2.55 bits per heavy atom. The number of benzene rings is 2. The van der Waals surface area contributed by atoms with Gasteiger partial charge in [0.15, 0.2) is 5.78 Å². The number of nitrogens with zero attached hydrogens (tertiary/aromatic N) is 1. The van der Waals surface area contributed by atoms with E-state index >= 15 is 0 Å². The first kappa shape index (κ1) is 25.0. The number of hydrogen-bond acceptors (Lipinski definition) is 6. The minimum atomic E-state index is -3.74. The molecule has 33 heavy (non-hydrogen) atoms. The Morgan fingerprint density at radius 1 is 1.12 bits per heavy atom. The molecule has 0 saturated carbocycles. The SMILES string of the molecule is CC(=O)c1ccc(S(=O)(=O)NCCC(=O)NCc2cccc(CN3CCOC(C)C3)c2)cc1. The van der Waals surface area contributed by atoms with Gasteiger partial charge in [-0.15, -0.1) is 0 Å². The van der Waals surface area contributed by atoms with Crippen molar-refractivity contribution in [2.75, 3.05) is 26.2 Å². The van der Waals surface area contributed by atoms with Crippen LogP contribution < -0.4 is 10.0 Å². The molecule has 3 rings (SSSR count). The first-order valence-corrected chi connectivity index (χ1v) is 12.5. The fraction of sp³-hybridized carbons (Fsp3) is 0.417. The number of ketones is 1. The minimum Gasteiger partial charge on any atom is -0.376 e. The maximum atomic E-state index is 12.4. The van der Waals surface area contributed by atoms with Crippen LogP contribution in [0.15, 0.2) is 53.4 Å². The van der Waals surface area contributed by atoms with E-state index in [0.29, 0.717) is 12.1 Å². The van der Waals surface area contributed by atoms with Gasteiger partial charge in [-0.1, -0.05) is 36.4 Å². The summed E-state index contributed by atoms with van der Waals surface area (Å²) < 4.78 is 32.7. The molecule has 1 aliphatic rings. The summed E-state index contributed by atoms with van der Waals surface area (Å²) in [5.41, 5.74) is 2.62. The second-order valence-corrected chi connectivity index (χ2v) is 10.0. The lowest BCUT2D eigenvalue weighted by molar-refractivity contribution is -0.121. The highest BCUT2D eigenvalue weighted by molar-refractivity contribution is 7.89. The van der Waals surface area contributed by atoms with Crippen LogP contribution in [0.5, 0.6) is 0 Å². The highest BCUT2D eigenvalue weighted by Crippen LogP contribution is 2.13. The summed E-state index contributed by atoms with van der Waals surface area (Å²) in [6, 6.07) is 13.8. The highest BCUT2D eigenvalue weighted by Gasteiger charge is 2.17. The number of ether oxygens (including phenoxy) is 1. The Labute approximate surface area is 195 Å². The van der Waals surface area contributed by atoms with Crippen molar-refractivity contribution >= 4 is 21.7 Å². The van der Waals surface area contributed by atoms with Crippen LogP contribution in [-0.2, 0) is 32.6 Å². The van der Waals surface area contributed by atoms with Crippen molar-refractivity contribution < 1.29 is 22.7 Å². The molecule has 1 atom stereocenters. The van der Waals surface area contributed by atoms with Crippen molar-refractivity contribution in [1.29, 1.82) is 0 Å². The Morgan fingerprint density at radius 2 is 1.85 bits per heavy atom. The fourth-order valence-electron chi connectivity index (χ4n) is 3.67. The fourth-order valence-corrected chi connectivity index (χ4v) is 4.70. The molecule has 2 N–H and O–H groups in total. The number of morpholine rings is 1. The quantitative estimate of drug-likeness (QED) is 0.512. The highest BCUT2D eigenvalue weighted by atomic mass is 32.2. The zero-order chi connectivity index (χ0) is 23.8. The number of nitrogens with one attached hydrogen (secondary N) is 2. The molecule has 1 heterocycles. The monoisotopic (exact) mass is 473 g/mol. The van der Waals surface area contributed by atoms with Crippen LogP contribution in [0.2, 0.25) is 0 Å². The topological polar surface area (TPSA) is 105 Å². The second kappa shape index (κ2) is 11.5. The summed E-state index contributed by atoms with van der Waals surface area (Å²) in [6.45, 7) is 7.24. The molecule has 0 spiro atoms. The van der Waals surface area contributed by atoms with Crippen molar-refractivity contribution in [2.45, 2.75) is 44.4 Å². The maximum absolute atomic E-state index is 12.4. The van der Waals surface area contributed by atoms with E-state index in [1.165, 1.54) is 36.8 Å². The lowest BCUT2D eigenvalue weighted by Crippen LogP contribution is -2.40. The van der Waals surface area contributed by atoms with Crippen molar-refractivity contribution in [2.24, 2.45) is 0 Å². The van der Waals surface area contributed by atoms with Gasteiger partial charge in [0.1, 0.15) is 0 Å². The molecule has 2 aromatic carbocycles. The molecule has 0 bridgehead atoms. The van der Waals surface area contributed by atoms with Crippen LogP contribution in [0.3, 0.4) is 0 Å². The molecule has 0 aliphatic carbocycles. The summed E-state index contributed by atoms with van der Waals surface area (Å²) in [7, 11) is -3.74. The van der Waals surface area contributed by atoms with E-state index in [1.54, 1.807) is 0 Å². The van der Waals surface area contributed by atoms with Crippen LogP contribution in [0.4, 0.5) is 0 Å². The number of carbonyl (C=O) groups excluding carboxylic acids is 2. The van der Waals surface area contributed by atoms with Crippen molar-refractivity contribution in [3.63, 3.8) is 0 Å². The van der Waals surface area contributed by atoms with E-state index in [9.17, 15) is 18.0 Å². The number of carbonyl (C=O) groups is 2. The van der Waals surface area contributed by atoms with Gasteiger partial charge < -0.3 is 10.1 Å². The number of amides is 1. The zero-order valence-corrected chi connectivity index (χ0v) is 19.9. The van der Waals surface area contributed by atoms with Gasteiger partial charge in [0.2, 0.25) is 15.9 Å². The number of Topliss-reactive ketones (excluding diaryl/α,β-unsaturated/α-hetero) is 1. The molecule has 0 radical (unpaired) electrons. The van der Waals surface area contributed by atoms with Gasteiger partial charge in [0.05, 0.1) is 17.6 Å². The van der Waals surface area contributed by atoms with Crippen molar-refractivity contribution in [3.8, 4) is 0 Å². The molecule has 2 aromatic rings. The molecular weight excluding hydrogens is 442 g/mol. The molecule has 8 nitrogen and oxygen atoms in total. The van der Waals surface area contributed by atoms with Gasteiger partial charge in [-0.3, -0.25) is 14.5 Å². The molecule has 1 saturated heterocycles. The third-order valence-corrected chi connectivity index (χ3v) is 6.90. The van der Waals surface area contributed by atoms with Gasteiger partial charge >= 0.3 is 0 Å². The van der Waals surface area contributed by atoms with E-state index in [4.69, 9.17) is 4.74 Å².